The molecule has 0 aliphatic rings. The van der Waals surface area contributed by atoms with E-state index in [2.05, 4.69) is 20.8 Å². The molecule has 3 nitrogen and oxygen atoms in total. The smallest absolute Gasteiger partial charge is 0.308 e. The van der Waals surface area contributed by atoms with Gasteiger partial charge in [-0.25, -0.2) is 0 Å². The van der Waals surface area contributed by atoms with Gasteiger partial charge in [-0.1, -0.05) is 26.8 Å². The van der Waals surface area contributed by atoms with Crippen molar-refractivity contribution in [2.75, 3.05) is 0 Å². The molecule has 0 fully saturated rings. The maximum atomic E-state index is 10.8. The van der Waals surface area contributed by atoms with Crippen LogP contribution in [0.5, 0.6) is 11.5 Å². The van der Waals surface area contributed by atoms with Gasteiger partial charge in [-0.15, -0.1) is 0 Å². The van der Waals surface area contributed by atoms with Gasteiger partial charge >= 0.3 is 5.97 Å². The standard InChI is InChI=1S/C13H18O3/c1-9(14)16-12-7-10(5-6-11(12)15)8-13(2,3)4/h5-7,15H,8H2,1-4H3. The van der Waals surface area contributed by atoms with Gasteiger partial charge in [0.05, 0.1) is 0 Å². The van der Waals surface area contributed by atoms with Crippen LogP contribution in [0.1, 0.15) is 33.3 Å². The minimum atomic E-state index is -0.428. The fourth-order valence-electron chi connectivity index (χ4n) is 1.52. The molecule has 0 radical (unpaired) electrons. The van der Waals surface area contributed by atoms with E-state index in [4.69, 9.17) is 4.74 Å². The van der Waals surface area contributed by atoms with Crippen molar-refractivity contribution >= 4 is 5.97 Å². The minimum Gasteiger partial charge on any atom is -0.504 e. The molecule has 1 rings (SSSR count). The Bertz CT molecular complexity index is 389. The second kappa shape index (κ2) is 4.56. The van der Waals surface area contributed by atoms with Crippen LogP contribution >= 0.6 is 0 Å². The van der Waals surface area contributed by atoms with E-state index < -0.39 is 5.97 Å². The Hall–Kier alpha value is -1.51. The van der Waals surface area contributed by atoms with E-state index in [-0.39, 0.29) is 16.9 Å². The maximum Gasteiger partial charge on any atom is 0.308 e. The third kappa shape index (κ3) is 3.93. The summed E-state index contributed by atoms with van der Waals surface area (Å²) in [6.45, 7) is 7.71. The highest BCUT2D eigenvalue weighted by atomic mass is 16.5. The van der Waals surface area contributed by atoms with Gasteiger partial charge in [0.1, 0.15) is 0 Å². The molecule has 1 N–H and O–H groups in total. The van der Waals surface area contributed by atoms with Crippen LogP contribution in [0.3, 0.4) is 0 Å². The molecule has 88 valence electrons. The molecular formula is C13H18O3. The fourth-order valence-corrected chi connectivity index (χ4v) is 1.52. The van der Waals surface area contributed by atoms with E-state index in [1.807, 2.05) is 6.07 Å². The van der Waals surface area contributed by atoms with Crippen LogP contribution in [-0.2, 0) is 11.2 Å². The van der Waals surface area contributed by atoms with Gasteiger partial charge in [-0.2, -0.15) is 0 Å². The zero-order chi connectivity index (χ0) is 12.3. The third-order valence-corrected chi connectivity index (χ3v) is 2.01. The second-order valence-electron chi connectivity index (χ2n) is 5.13. The summed E-state index contributed by atoms with van der Waals surface area (Å²) in [5.74, 6) is -0.203. The van der Waals surface area contributed by atoms with Gasteiger partial charge in [0.15, 0.2) is 11.5 Å². The predicted octanol–water partition coefficient (Wildman–Crippen LogP) is 2.91. The average molecular weight is 222 g/mol. The molecule has 1 aromatic rings. The number of phenolic OH excluding ortho intramolecular Hbond substituents is 1. The molecule has 1 aromatic carbocycles. The van der Waals surface area contributed by atoms with Crippen molar-refractivity contribution in [1.82, 2.24) is 0 Å². The largest absolute Gasteiger partial charge is 0.504 e. The summed E-state index contributed by atoms with van der Waals surface area (Å²) < 4.78 is 4.91. The summed E-state index contributed by atoms with van der Waals surface area (Å²) in [4.78, 5) is 10.8. The molecule has 0 amide bonds. The first-order valence-electron chi connectivity index (χ1n) is 5.28. The van der Waals surface area contributed by atoms with Crippen molar-refractivity contribution < 1.29 is 14.6 Å². The molecule has 0 bridgehead atoms. The maximum absolute atomic E-state index is 10.8. The fraction of sp³-hybridized carbons (Fsp3) is 0.462. The van der Waals surface area contributed by atoms with Crippen molar-refractivity contribution in [2.24, 2.45) is 5.41 Å². The molecule has 0 aliphatic heterocycles. The lowest BCUT2D eigenvalue weighted by Crippen LogP contribution is -2.09. The highest BCUT2D eigenvalue weighted by molar-refractivity contribution is 5.70. The molecule has 16 heavy (non-hydrogen) atoms. The van der Waals surface area contributed by atoms with Crippen LogP contribution in [0.25, 0.3) is 0 Å². The van der Waals surface area contributed by atoms with E-state index >= 15 is 0 Å². The number of ether oxygens (including phenoxy) is 1. The van der Waals surface area contributed by atoms with Crippen LogP contribution in [0.15, 0.2) is 18.2 Å². The Morgan fingerprint density at radius 3 is 2.50 bits per heavy atom. The van der Waals surface area contributed by atoms with Crippen LogP contribution in [0.2, 0.25) is 0 Å². The third-order valence-electron chi connectivity index (χ3n) is 2.01. The summed E-state index contributed by atoms with van der Waals surface area (Å²) in [5, 5.41) is 9.50. The number of hydrogen-bond donors (Lipinski definition) is 1. The molecule has 0 heterocycles. The summed E-state index contributed by atoms with van der Waals surface area (Å²) in [6.07, 6.45) is 0.863. The predicted molar refractivity (Wildman–Crippen MR) is 62.6 cm³/mol. The van der Waals surface area contributed by atoms with Gasteiger partial charge in [-0.3, -0.25) is 4.79 Å². The molecule has 3 heteroatoms. The minimum absolute atomic E-state index is 0.00661. The number of aromatic hydroxyl groups is 1. The van der Waals surface area contributed by atoms with Gasteiger partial charge in [0.25, 0.3) is 0 Å². The van der Waals surface area contributed by atoms with Gasteiger partial charge in [0.2, 0.25) is 0 Å². The van der Waals surface area contributed by atoms with Crippen LogP contribution in [0.4, 0.5) is 0 Å². The Morgan fingerprint density at radius 2 is 2.00 bits per heavy atom. The lowest BCUT2D eigenvalue weighted by atomic mass is 9.88. The monoisotopic (exact) mass is 222 g/mol. The summed E-state index contributed by atoms with van der Waals surface area (Å²) in [7, 11) is 0. The average Bonchev–Trinajstić information content (AvgIpc) is 2.07. The molecule has 0 spiro atoms. The first kappa shape index (κ1) is 12.6. The van der Waals surface area contributed by atoms with Crippen molar-refractivity contribution in [3.8, 4) is 11.5 Å². The van der Waals surface area contributed by atoms with Crippen molar-refractivity contribution in [2.45, 2.75) is 34.1 Å². The summed E-state index contributed by atoms with van der Waals surface area (Å²) in [6, 6.07) is 5.11. The number of esters is 1. The lowest BCUT2D eigenvalue weighted by molar-refractivity contribution is -0.132. The van der Waals surface area contributed by atoms with Crippen LogP contribution in [-0.4, -0.2) is 11.1 Å². The number of benzene rings is 1. The molecule has 0 saturated carbocycles. The van der Waals surface area contributed by atoms with Gasteiger partial charge < -0.3 is 9.84 Å². The number of rotatable bonds is 2. The van der Waals surface area contributed by atoms with E-state index in [9.17, 15) is 9.90 Å². The van der Waals surface area contributed by atoms with E-state index in [0.29, 0.717) is 0 Å². The van der Waals surface area contributed by atoms with Crippen molar-refractivity contribution in [3.05, 3.63) is 23.8 Å². The van der Waals surface area contributed by atoms with Gasteiger partial charge in [0, 0.05) is 6.92 Å². The Kier molecular flexibility index (Phi) is 3.58. The molecule has 0 atom stereocenters. The Balaban J connectivity index is 2.93. The zero-order valence-electron chi connectivity index (χ0n) is 10.2. The SMILES string of the molecule is CC(=O)Oc1cc(CC(C)(C)C)ccc1O. The van der Waals surface area contributed by atoms with E-state index in [1.54, 1.807) is 12.1 Å². The topological polar surface area (TPSA) is 46.5 Å². The first-order chi connectivity index (χ1) is 7.28. The van der Waals surface area contributed by atoms with Crippen LogP contribution in [0, 0.1) is 5.41 Å². The normalized spacial score (nSPS) is 11.2. The number of hydrogen-bond acceptors (Lipinski definition) is 3. The molecular weight excluding hydrogens is 204 g/mol. The molecule has 0 unspecified atom stereocenters. The number of phenols is 1. The highest BCUT2D eigenvalue weighted by Gasteiger charge is 2.13. The summed E-state index contributed by atoms with van der Waals surface area (Å²) in [5.41, 5.74) is 1.20. The molecule has 0 aromatic heterocycles. The Morgan fingerprint density at radius 1 is 1.38 bits per heavy atom. The highest BCUT2D eigenvalue weighted by Crippen LogP contribution is 2.30. The number of carbonyl (C=O) groups excluding carboxylic acids is 1. The second-order valence-corrected chi connectivity index (χ2v) is 5.13. The van der Waals surface area contributed by atoms with E-state index in [0.717, 1.165) is 12.0 Å². The number of carbonyl (C=O) groups is 1. The first-order valence-corrected chi connectivity index (χ1v) is 5.28. The van der Waals surface area contributed by atoms with E-state index in [1.165, 1.54) is 6.92 Å². The zero-order valence-corrected chi connectivity index (χ0v) is 10.2. The lowest BCUT2D eigenvalue weighted by Gasteiger charge is -2.18. The van der Waals surface area contributed by atoms with Crippen LogP contribution < -0.4 is 4.74 Å². The van der Waals surface area contributed by atoms with Crippen molar-refractivity contribution in [1.29, 1.82) is 0 Å². The summed E-state index contributed by atoms with van der Waals surface area (Å²) >= 11 is 0. The van der Waals surface area contributed by atoms with Gasteiger partial charge in [-0.05, 0) is 29.5 Å². The van der Waals surface area contributed by atoms with Crippen molar-refractivity contribution in [3.63, 3.8) is 0 Å². The quantitative estimate of drug-likeness (QED) is 0.618. The Labute approximate surface area is 96.1 Å². The molecule has 0 aliphatic carbocycles. The molecule has 0 saturated heterocycles.